The van der Waals surface area contributed by atoms with Crippen LogP contribution in [0.2, 0.25) is 0 Å². The molecule has 0 aliphatic carbocycles. The molecule has 3 rings (SSSR count). The van der Waals surface area contributed by atoms with Gasteiger partial charge < -0.3 is 15.4 Å². The molecule has 1 aliphatic heterocycles. The number of ether oxygens (including phenoxy) is 1. The molecule has 0 amide bonds. The number of fused-ring (bicyclic) bond motifs is 1. The van der Waals surface area contributed by atoms with E-state index in [-0.39, 0.29) is 41.6 Å². The fourth-order valence-corrected chi connectivity index (χ4v) is 3.46. The van der Waals surface area contributed by atoms with Crippen LogP contribution in [0.5, 0.6) is 5.75 Å². The Balaban J connectivity index is 0.00000341. The molecule has 1 atom stereocenters. The van der Waals surface area contributed by atoms with Crippen LogP contribution in [-0.4, -0.2) is 46.5 Å². The van der Waals surface area contributed by atoms with Gasteiger partial charge in [-0.1, -0.05) is 13.0 Å². The van der Waals surface area contributed by atoms with Crippen molar-refractivity contribution in [3.63, 3.8) is 0 Å². The van der Waals surface area contributed by atoms with Crippen molar-refractivity contribution in [2.24, 2.45) is 4.99 Å². The molecule has 2 aromatic rings. The van der Waals surface area contributed by atoms with Crippen LogP contribution in [0.1, 0.15) is 38.4 Å². The Bertz CT molecular complexity index is 914. The predicted molar refractivity (Wildman–Crippen MR) is 130 cm³/mol. The number of benzene rings is 1. The third-order valence-electron chi connectivity index (χ3n) is 5.15. The van der Waals surface area contributed by atoms with Crippen molar-refractivity contribution in [3.05, 3.63) is 46.4 Å². The van der Waals surface area contributed by atoms with Crippen LogP contribution in [-0.2, 0) is 19.5 Å². The van der Waals surface area contributed by atoms with Crippen molar-refractivity contribution in [2.75, 3.05) is 20.1 Å². The molecule has 2 heterocycles. The van der Waals surface area contributed by atoms with E-state index in [1.54, 1.807) is 28.4 Å². The predicted octanol–water partition coefficient (Wildman–Crippen LogP) is 2.55. The summed E-state index contributed by atoms with van der Waals surface area (Å²) in [6.07, 6.45) is 4.45. The minimum absolute atomic E-state index is 0. The van der Waals surface area contributed by atoms with E-state index in [4.69, 9.17) is 4.74 Å². The number of aromatic nitrogens is 3. The maximum atomic E-state index is 13.3. The maximum Gasteiger partial charge on any atom is 0.345 e. The molecule has 31 heavy (non-hydrogen) atoms. The van der Waals surface area contributed by atoms with Gasteiger partial charge in [0.2, 0.25) is 0 Å². The van der Waals surface area contributed by atoms with Crippen molar-refractivity contribution in [2.45, 2.75) is 58.2 Å². The summed E-state index contributed by atoms with van der Waals surface area (Å²) in [7, 11) is 1.71. The summed E-state index contributed by atoms with van der Waals surface area (Å²) in [5.41, 5.74) is -0.00695. The molecule has 2 N–H and O–H groups in total. The molecular weight excluding hydrogens is 514 g/mol. The monoisotopic (exact) mass is 546 g/mol. The van der Waals surface area contributed by atoms with Crippen LogP contribution in [0, 0.1) is 5.82 Å². The first-order chi connectivity index (χ1) is 14.6. The first kappa shape index (κ1) is 25.2. The fraction of sp³-hybridized carbons (Fsp3) is 0.571. The van der Waals surface area contributed by atoms with Gasteiger partial charge in [-0.3, -0.25) is 9.56 Å². The van der Waals surface area contributed by atoms with Crippen molar-refractivity contribution in [1.29, 1.82) is 0 Å². The highest BCUT2D eigenvalue weighted by Gasteiger charge is 2.16. The summed E-state index contributed by atoms with van der Waals surface area (Å²) in [4.78, 5) is 16.6. The minimum Gasteiger partial charge on any atom is -0.489 e. The van der Waals surface area contributed by atoms with E-state index in [1.165, 1.54) is 12.1 Å². The quantitative estimate of drug-likeness (QED) is 0.219. The lowest BCUT2D eigenvalue weighted by atomic mass is 10.2. The average Bonchev–Trinajstić information content (AvgIpc) is 3.08. The SMILES string of the molecule is CCC(CNC(=NC)NCCCn1nc2n(c1=O)CCCC2)Oc1cccc(F)c1.I. The van der Waals surface area contributed by atoms with Crippen LogP contribution < -0.4 is 21.1 Å². The standard InChI is InChI=1S/C21H31FN6O2.HI/c1-3-17(30-18-9-6-8-16(22)14-18)15-25-20(23-2)24-11-7-13-28-21(29)27-12-5-4-10-19(27)26-28;/h6,8-9,14,17H,3-5,7,10-13,15H2,1-2H3,(H2,23,24,25);1H. The van der Waals surface area contributed by atoms with Crippen LogP contribution in [0.25, 0.3) is 0 Å². The molecule has 0 bridgehead atoms. The second kappa shape index (κ2) is 12.7. The van der Waals surface area contributed by atoms with E-state index in [9.17, 15) is 9.18 Å². The van der Waals surface area contributed by atoms with E-state index in [0.29, 0.717) is 31.3 Å². The highest BCUT2D eigenvalue weighted by atomic mass is 127. The van der Waals surface area contributed by atoms with Gasteiger partial charge in [0.1, 0.15) is 23.5 Å². The molecule has 8 nitrogen and oxygen atoms in total. The normalized spacial score (nSPS) is 14.4. The lowest BCUT2D eigenvalue weighted by molar-refractivity contribution is 0.199. The molecule has 0 spiro atoms. The second-order valence-corrected chi connectivity index (χ2v) is 7.37. The van der Waals surface area contributed by atoms with E-state index in [0.717, 1.165) is 44.5 Å². The molecule has 1 aromatic carbocycles. The number of nitrogens with one attached hydrogen (secondary N) is 2. The first-order valence-corrected chi connectivity index (χ1v) is 10.6. The molecule has 0 radical (unpaired) electrons. The van der Waals surface area contributed by atoms with Gasteiger partial charge in [0.25, 0.3) is 0 Å². The van der Waals surface area contributed by atoms with Crippen LogP contribution in [0.4, 0.5) is 4.39 Å². The van der Waals surface area contributed by atoms with Gasteiger partial charge in [-0.25, -0.2) is 13.9 Å². The molecule has 1 aromatic heterocycles. The average molecular weight is 546 g/mol. The molecule has 172 valence electrons. The number of nitrogens with zero attached hydrogens (tertiary/aromatic N) is 4. The third kappa shape index (κ3) is 7.22. The molecule has 0 fully saturated rings. The van der Waals surface area contributed by atoms with Crippen LogP contribution in [0.15, 0.2) is 34.1 Å². The van der Waals surface area contributed by atoms with E-state index in [2.05, 4.69) is 20.7 Å². The Labute approximate surface area is 199 Å². The second-order valence-electron chi connectivity index (χ2n) is 7.37. The number of aryl methyl sites for hydroxylation is 2. The zero-order valence-electron chi connectivity index (χ0n) is 18.1. The number of rotatable bonds is 9. The lowest BCUT2D eigenvalue weighted by Crippen LogP contribution is -2.43. The first-order valence-electron chi connectivity index (χ1n) is 10.6. The van der Waals surface area contributed by atoms with Gasteiger partial charge in [0.05, 0.1) is 6.54 Å². The van der Waals surface area contributed by atoms with Gasteiger partial charge in [-0.15, -0.1) is 24.0 Å². The van der Waals surface area contributed by atoms with Gasteiger partial charge in [0, 0.05) is 39.2 Å². The number of guanidine groups is 1. The summed E-state index contributed by atoms with van der Waals surface area (Å²) in [5.74, 6) is 1.76. The highest BCUT2D eigenvalue weighted by molar-refractivity contribution is 14.0. The topological polar surface area (TPSA) is 85.5 Å². The molecule has 1 aliphatic rings. The summed E-state index contributed by atoms with van der Waals surface area (Å²) in [6.45, 7) is 4.57. The van der Waals surface area contributed by atoms with Crippen molar-refractivity contribution in [1.82, 2.24) is 25.0 Å². The lowest BCUT2D eigenvalue weighted by Gasteiger charge is -2.20. The number of halogens is 2. The molecule has 0 saturated heterocycles. The Hall–Kier alpha value is -2.11. The fourth-order valence-electron chi connectivity index (χ4n) is 3.46. The van der Waals surface area contributed by atoms with E-state index >= 15 is 0 Å². The smallest absolute Gasteiger partial charge is 0.345 e. The largest absolute Gasteiger partial charge is 0.489 e. The van der Waals surface area contributed by atoms with Crippen LogP contribution in [0.3, 0.4) is 0 Å². The van der Waals surface area contributed by atoms with Crippen LogP contribution >= 0.6 is 24.0 Å². The summed E-state index contributed by atoms with van der Waals surface area (Å²) in [6, 6.07) is 6.15. The summed E-state index contributed by atoms with van der Waals surface area (Å²) < 4.78 is 22.5. The minimum atomic E-state index is -0.314. The Morgan fingerprint density at radius 2 is 2.19 bits per heavy atom. The van der Waals surface area contributed by atoms with Crippen molar-refractivity contribution in [3.8, 4) is 5.75 Å². The van der Waals surface area contributed by atoms with Gasteiger partial charge in [-0.05, 0) is 37.8 Å². The Morgan fingerprint density at radius 3 is 2.90 bits per heavy atom. The summed E-state index contributed by atoms with van der Waals surface area (Å²) in [5, 5.41) is 10.9. The molecular formula is C21H32FIN6O2. The number of hydrogen-bond donors (Lipinski definition) is 2. The van der Waals surface area contributed by atoms with Gasteiger partial charge >= 0.3 is 5.69 Å². The molecule has 0 saturated carbocycles. The van der Waals surface area contributed by atoms with E-state index in [1.807, 2.05) is 6.92 Å². The number of aliphatic imine (C=N–C) groups is 1. The molecule has 10 heteroatoms. The third-order valence-corrected chi connectivity index (χ3v) is 5.15. The maximum absolute atomic E-state index is 13.3. The highest BCUT2D eigenvalue weighted by Crippen LogP contribution is 2.14. The zero-order chi connectivity index (χ0) is 21.3. The number of hydrogen-bond acceptors (Lipinski definition) is 4. The van der Waals surface area contributed by atoms with Gasteiger partial charge in [0.15, 0.2) is 5.96 Å². The van der Waals surface area contributed by atoms with Crippen molar-refractivity contribution < 1.29 is 9.13 Å². The van der Waals surface area contributed by atoms with E-state index < -0.39 is 0 Å². The summed E-state index contributed by atoms with van der Waals surface area (Å²) >= 11 is 0. The molecule has 1 unspecified atom stereocenters. The Morgan fingerprint density at radius 1 is 1.35 bits per heavy atom. The van der Waals surface area contributed by atoms with Crippen molar-refractivity contribution >= 4 is 29.9 Å². The zero-order valence-corrected chi connectivity index (χ0v) is 20.5. The Kier molecular flexibility index (Phi) is 10.3. The van der Waals surface area contributed by atoms with Gasteiger partial charge in [-0.2, -0.15) is 5.10 Å².